The van der Waals surface area contributed by atoms with Gasteiger partial charge in [0, 0.05) is 5.69 Å². The van der Waals surface area contributed by atoms with Crippen molar-refractivity contribution in [3.8, 4) is 5.75 Å². The van der Waals surface area contributed by atoms with E-state index in [0.717, 1.165) is 5.56 Å². The third-order valence-corrected chi connectivity index (χ3v) is 5.56. The first-order valence-corrected chi connectivity index (χ1v) is 9.91. The lowest BCUT2D eigenvalue weighted by Gasteiger charge is -2.47. The number of hydrogen-bond donors (Lipinski definition) is 2. The Kier molecular flexibility index (Phi) is 5.82. The minimum absolute atomic E-state index is 0.114. The zero-order chi connectivity index (χ0) is 22.0. The number of amides is 1. The zero-order valence-corrected chi connectivity index (χ0v) is 16.6. The van der Waals surface area contributed by atoms with Gasteiger partial charge in [-0.15, -0.1) is 0 Å². The molecule has 6 heteroatoms. The molecule has 0 aliphatic carbocycles. The molecule has 0 bridgehead atoms. The van der Waals surface area contributed by atoms with Crippen molar-refractivity contribution in [2.24, 2.45) is 5.92 Å². The first kappa shape index (κ1) is 20.8. The number of aliphatic hydroxyl groups excluding tert-OH is 1. The van der Waals surface area contributed by atoms with Gasteiger partial charge in [0.05, 0.1) is 18.6 Å². The molecule has 1 saturated heterocycles. The van der Waals surface area contributed by atoms with Gasteiger partial charge in [-0.1, -0.05) is 30.3 Å². The molecular formula is C25H21F2NO3. The maximum absolute atomic E-state index is 13.4. The second kappa shape index (κ2) is 8.70. The van der Waals surface area contributed by atoms with Crippen LogP contribution in [0.3, 0.4) is 0 Å². The molecule has 1 aliphatic rings. The highest BCUT2D eigenvalue weighted by Gasteiger charge is 2.48. The largest absolute Gasteiger partial charge is 0.508 e. The third-order valence-electron chi connectivity index (χ3n) is 5.56. The number of halogens is 2. The predicted molar refractivity (Wildman–Crippen MR) is 114 cm³/mol. The molecule has 158 valence electrons. The summed E-state index contributed by atoms with van der Waals surface area (Å²) in [5.41, 5.74) is 2.72. The van der Waals surface area contributed by atoms with E-state index >= 15 is 0 Å². The average molecular weight is 421 g/mol. The monoisotopic (exact) mass is 421 g/mol. The smallest absolute Gasteiger partial charge is 0.233 e. The molecule has 0 saturated carbocycles. The van der Waals surface area contributed by atoms with Crippen LogP contribution in [0.1, 0.15) is 23.6 Å². The number of aromatic hydroxyl groups is 1. The summed E-state index contributed by atoms with van der Waals surface area (Å²) in [7, 11) is 0. The highest BCUT2D eigenvalue weighted by molar-refractivity contribution is 6.03. The van der Waals surface area contributed by atoms with Crippen molar-refractivity contribution in [3.05, 3.63) is 102 Å². The molecule has 0 radical (unpaired) electrons. The zero-order valence-electron chi connectivity index (χ0n) is 16.6. The van der Waals surface area contributed by atoms with Crippen LogP contribution in [0.5, 0.6) is 5.75 Å². The second-order valence-corrected chi connectivity index (χ2v) is 7.46. The first-order chi connectivity index (χ1) is 15.0. The van der Waals surface area contributed by atoms with Crippen molar-refractivity contribution in [1.29, 1.82) is 0 Å². The number of anilines is 1. The summed E-state index contributed by atoms with van der Waals surface area (Å²) < 4.78 is 26.6. The predicted octanol–water partition coefficient (Wildman–Crippen LogP) is 4.84. The van der Waals surface area contributed by atoms with Crippen LogP contribution in [0.2, 0.25) is 0 Å². The summed E-state index contributed by atoms with van der Waals surface area (Å²) in [5.74, 6) is -1.13. The van der Waals surface area contributed by atoms with Gasteiger partial charge in [0.2, 0.25) is 5.91 Å². The van der Waals surface area contributed by atoms with E-state index in [1.54, 1.807) is 59.5 Å². The summed E-state index contributed by atoms with van der Waals surface area (Å²) in [4.78, 5) is 14.6. The second-order valence-electron chi connectivity index (χ2n) is 7.46. The van der Waals surface area contributed by atoms with Crippen LogP contribution in [0.4, 0.5) is 14.5 Å². The van der Waals surface area contributed by atoms with Crippen molar-refractivity contribution < 1.29 is 23.8 Å². The lowest BCUT2D eigenvalue weighted by atomic mass is 9.79. The van der Waals surface area contributed by atoms with Crippen molar-refractivity contribution in [2.45, 2.75) is 12.5 Å². The summed E-state index contributed by atoms with van der Waals surface area (Å²) in [6.45, 7) is -0.238. The van der Waals surface area contributed by atoms with Gasteiger partial charge in [0.1, 0.15) is 17.4 Å². The Morgan fingerprint density at radius 2 is 1.48 bits per heavy atom. The van der Waals surface area contributed by atoms with E-state index < -0.39 is 5.92 Å². The van der Waals surface area contributed by atoms with E-state index in [1.165, 1.54) is 24.3 Å². The fraction of sp³-hybridized carbons (Fsp3) is 0.160. The molecule has 1 heterocycles. The van der Waals surface area contributed by atoms with Gasteiger partial charge in [-0.05, 0) is 71.7 Å². The molecule has 2 N–H and O–H groups in total. The van der Waals surface area contributed by atoms with Crippen LogP contribution in [-0.4, -0.2) is 22.7 Å². The number of carbonyl (C=O) groups is 1. The fourth-order valence-corrected chi connectivity index (χ4v) is 3.93. The highest BCUT2D eigenvalue weighted by atomic mass is 19.1. The Balaban J connectivity index is 1.63. The Hall–Kier alpha value is -3.51. The summed E-state index contributed by atoms with van der Waals surface area (Å²) in [6, 6.07) is 17.9. The van der Waals surface area contributed by atoms with Crippen molar-refractivity contribution >= 4 is 17.2 Å². The fourth-order valence-electron chi connectivity index (χ4n) is 3.93. The standard InChI is InChI=1S/C25H21F2NO3/c26-19-6-1-16(2-7-19)18(15-29)5-14-23-24(17-3-12-22(30)13-4-17)28(25(23)31)21-10-8-20(27)9-11-21/h1-13,23-24,29-30H,14-15H2/b18-5+. The van der Waals surface area contributed by atoms with Gasteiger partial charge < -0.3 is 15.1 Å². The van der Waals surface area contributed by atoms with E-state index in [9.17, 15) is 23.8 Å². The van der Waals surface area contributed by atoms with Gasteiger partial charge in [-0.3, -0.25) is 4.79 Å². The molecule has 0 spiro atoms. The number of benzene rings is 3. The van der Waals surface area contributed by atoms with Gasteiger partial charge in [0.15, 0.2) is 0 Å². The number of carbonyl (C=O) groups excluding carboxylic acids is 1. The van der Waals surface area contributed by atoms with E-state index in [1.807, 2.05) is 0 Å². The number of nitrogens with zero attached hydrogens (tertiary/aromatic N) is 1. The highest BCUT2D eigenvalue weighted by Crippen LogP contribution is 2.45. The van der Waals surface area contributed by atoms with E-state index in [0.29, 0.717) is 23.2 Å². The Bertz CT molecular complexity index is 1090. The molecule has 4 nitrogen and oxygen atoms in total. The average Bonchev–Trinajstić information content (AvgIpc) is 2.78. The molecule has 31 heavy (non-hydrogen) atoms. The lowest BCUT2D eigenvalue weighted by molar-refractivity contribution is -0.130. The minimum atomic E-state index is -0.392. The lowest BCUT2D eigenvalue weighted by Crippen LogP contribution is -2.55. The van der Waals surface area contributed by atoms with Crippen LogP contribution >= 0.6 is 0 Å². The number of allylic oxidation sites excluding steroid dienone is 1. The quantitative estimate of drug-likeness (QED) is 0.560. The van der Waals surface area contributed by atoms with Crippen LogP contribution in [-0.2, 0) is 4.79 Å². The molecule has 3 aromatic carbocycles. The van der Waals surface area contributed by atoms with E-state index in [-0.39, 0.29) is 35.9 Å². The van der Waals surface area contributed by atoms with Crippen LogP contribution in [0, 0.1) is 17.6 Å². The number of hydrogen-bond acceptors (Lipinski definition) is 3. The van der Waals surface area contributed by atoms with Crippen LogP contribution < -0.4 is 4.90 Å². The van der Waals surface area contributed by atoms with Gasteiger partial charge in [-0.25, -0.2) is 8.78 Å². The first-order valence-electron chi connectivity index (χ1n) is 9.91. The molecule has 4 rings (SSSR count). The minimum Gasteiger partial charge on any atom is -0.508 e. The Morgan fingerprint density at radius 1 is 0.903 bits per heavy atom. The third kappa shape index (κ3) is 4.20. The Morgan fingerprint density at radius 3 is 2.06 bits per heavy atom. The molecule has 1 amide bonds. The number of aliphatic hydroxyl groups is 1. The molecule has 2 atom stereocenters. The van der Waals surface area contributed by atoms with E-state index in [4.69, 9.17) is 0 Å². The maximum Gasteiger partial charge on any atom is 0.233 e. The molecule has 3 aromatic rings. The number of phenolic OH excluding ortho intramolecular Hbond substituents is 1. The summed E-state index contributed by atoms with van der Waals surface area (Å²) in [6.07, 6.45) is 2.17. The maximum atomic E-state index is 13.4. The van der Waals surface area contributed by atoms with Crippen molar-refractivity contribution in [1.82, 2.24) is 0 Å². The van der Waals surface area contributed by atoms with Crippen LogP contribution in [0.15, 0.2) is 78.9 Å². The van der Waals surface area contributed by atoms with Crippen LogP contribution in [0.25, 0.3) is 5.57 Å². The van der Waals surface area contributed by atoms with Gasteiger partial charge in [0.25, 0.3) is 0 Å². The molecule has 1 aliphatic heterocycles. The SMILES string of the molecule is O=C1C(C/C=C(\CO)c2ccc(F)cc2)C(c2ccc(O)cc2)N1c1ccc(F)cc1. The van der Waals surface area contributed by atoms with Gasteiger partial charge in [-0.2, -0.15) is 0 Å². The van der Waals surface area contributed by atoms with Crippen molar-refractivity contribution in [2.75, 3.05) is 11.5 Å². The number of β-lactam (4-membered cyclic amide) rings is 1. The summed E-state index contributed by atoms with van der Waals surface area (Å²) >= 11 is 0. The molecule has 1 fully saturated rings. The topological polar surface area (TPSA) is 60.8 Å². The van der Waals surface area contributed by atoms with Crippen molar-refractivity contribution in [3.63, 3.8) is 0 Å². The molecular weight excluding hydrogens is 400 g/mol. The summed E-state index contributed by atoms with van der Waals surface area (Å²) in [5, 5.41) is 19.4. The number of rotatable bonds is 6. The molecule has 2 unspecified atom stereocenters. The molecule has 0 aromatic heterocycles. The van der Waals surface area contributed by atoms with Gasteiger partial charge >= 0.3 is 0 Å². The Labute approximate surface area is 178 Å². The van der Waals surface area contributed by atoms with E-state index in [2.05, 4.69) is 0 Å². The normalized spacial score (nSPS) is 18.7. The number of phenols is 1.